The second-order valence-corrected chi connectivity index (χ2v) is 13.1. The van der Waals surface area contributed by atoms with Crippen LogP contribution >= 0.6 is 32.8 Å². The van der Waals surface area contributed by atoms with Crippen molar-refractivity contribution in [3.8, 4) is 0 Å². The zero-order chi connectivity index (χ0) is 25.6. The molecule has 1 N–H and O–H groups in total. The number of anilines is 2. The average Bonchev–Trinajstić information content (AvgIpc) is 3.26. The van der Waals surface area contributed by atoms with E-state index in [2.05, 4.69) is 13.4 Å². The Bertz CT molecular complexity index is 1160. The number of carbonyl (C=O) groups is 1. The molecule has 15 heteroatoms. The first-order chi connectivity index (χ1) is 16.6. The van der Waals surface area contributed by atoms with Crippen molar-refractivity contribution < 1.29 is 31.1 Å². The van der Waals surface area contributed by atoms with Gasteiger partial charge in [0.1, 0.15) is 5.69 Å². The number of rotatable bonds is 9. The molecule has 1 aromatic rings. The number of nitrogens with one attached hydrogen (secondary N) is 1. The summed E-state index contributed by atoms with van der Waals surface area (Å²) < 4.78 is 74.3. The Morgan fingerprint density at radius 3 is 2.74 bits per heavy atom. The number of esters is 1. The summed E-state index contributed by atoms with van der Waals surface area (Å²) in [6.07, 6.45) is 3.98. The Morgan fingerprint density at radius 1 is 1.29 bits per heavy atom. The number of sulfonamides is 1. The summed E-state index contributed by atoms with van der Waals surface area (Å²) in [6.45, 7) is 5.68. The van der Waals surface area contributed by atoms with Crippen LogP contribution in [0.2, 0.25) is 0 Å². The highest BCUT2D eigenvalue weighted by Crippen LogP contribution is 2.39. The van der Waals surface area contributed by atoms with Crippen LogP contribution in [0.5, 0.6) is 0 Å². The van der Waals surface area contributed by atoms with Gasteiger partial charge in [-0.15, -0.1) is 10.2 Å². The molecule has 2 aliphatic heterocycles. The molecular formula is C20H25F3IN5O4S2. The SMILES string of the molecule is CCCCOC(=O)C1=IN=C(N=Nc2cc3c(cc2NS(=O)(=O)C(F)(F)F)N(CCC)CCC3)S1. The van der Waals surface area contributed by atoms with E-state index in [9.17, 15) is 26.4 Å². The van der Waals surface area contributed by atoms with Crippen LogP contribution in [0.4, 0.5) is 30.2 Å². The largest absolute Gasteiger partial charge is 0.516 e. The number of carbonyl (C=O) groups excluding carboxylic acids is 1. The minimum atomic E-state index is -5.66. The first kappa shape index (κ1) is 27.8. The van der Waals surface area contributed by atoms with E-state index in [1.54, 1.807) is 10.8 Å². The molecule has 194 valence electrons. The predicted molar refractivity (Wildman–Crippen MR) is 140 cm³/mol. The van der Waals surface area contributed by atoms with Gasteiger partial charge in [-0.05, 0) is 55.1 Å². The summed E-state index contributed by atoms with van der Waals surface area (Å²) in [4.78, 5) is 14.1. The van der Waals surface area contributed by atoms with Crippen molar-refractivity contribution in [1.29, 1.82) is 0 Å². The zero-order valence-corrected chi connectivity index (χ0v) is 22.9. The van der Waals surface area contributed by atoms with E-state index in [0.717, 1.165) is 49.6 Å². The van der Waals surface area contributed by atoms with Gasteiger partial charge >= 0.3 is 21.5 Å². The number of hydrogen-bond acceptors (Lipinski definition) is 9. The van der Waals surface area contributed by atoms with Crippen LogP contribution in [0.1, 0.15) is 45.1 Å². The lowest BCUT2D eigenvalue weighted by atomic mass is 10.00. The first-order valence-corrected chi connectivity index (χ1v) is 15.3. The maximum Gasteiger partial charge on any atom is 0.516 e. The number of nitrogens with zero attached hydrogens (tertiary/aromatic N) is 4. The molecule has 0 saturated carbocycles. The minimum Gasteiger partial charge on any atom is -0.461 e. The molecule has 0 fully saturated rings. The quantitative estimate of drug-likeness (QED) is 0.160. The summed E-state index contributed by atoms with van der Waals surface area (Å²) in [5.41, 5.74) is -4.36. The van der Waals surface area contributed by atoms with Crippen LogP contribution in [0, 0.1) is 0 Å². The van der Waals surface area contributed by atoms with Gasteiger partial charge in [-0.3, -0.25) is 4.72 Å². The van der Waals surface area contributed by atoms with E-state index < -0.39 is 42.5 Å². The third-order valence-corrected chi connectivity index (χ3v) is 9.79. The number of unbranched alkanes of at least 4 members (excludes halogenated alkanes) is 1. The fraction of sp³-hybridized carbons (Fsp3) is 0.550. The van der Waals surface area contributed by atoms with Crippen LogP contribution < -0.4 is 9.62 Å². The Balaban J connectivity index is 1.86. The normalized spacial score (nSPS) is 16.4. The van der Waals surface area contributed by atoms with Crippen molar-refractivity contribution in [1.82, 2.24) is 0 Å². The molecule has 0 unspecified atom stereocenters. The van der Waals surface area contributed by atoms with E-state index in [1.165, 1.54) is 6.07 Å². The Morgan fingerprint density at radius 2 is 2.06 bits per heavy atom. The Kier molecular flexibility index (Phi) is 9.53. The lowest BCUT2D eigenvalue weighted by Gasteiger charge is -2.32. The molecule has 2 heterocycles. The molecular weight excluding hydrogens is 622 g/mol. The standard InChI is InChI=1S/C20H25F3IN5O4S2/c1-3-5-10-33-18(30)17-24-25-19(34-17)27-26-14-11-13-7-6-9-29(8-4-2)16(13)12-15(14)28-35(31,32)20(21,22)23/h11-12,28H,3-10H2,1-2H3. The molecule has 2 aliphatic rings. The van der Waals surface area contributed by atoms with Gasteiger partial charge < -0.3 is 9.64 Å². The van der Waals surface area contributed by atoms with Crippen LogP contribution in [-0.2, 0) is 26.0 Å². The molecule has 35 heavy (non-hydrogen) atoms. The summed E-state index contributed by atoms with van der Waals surface area (Å²) >= 11 is 0.00660. The van der Waals surface area contributed by atoms with Crippen LogP contribution in [-0.4, -0.2) is 47.6 Å². The number of halogens is 4. The van der Waals surface area contributed by atoms with E-state index in [0.29, 0.717) is 28.1 Å². The summed E-state index contributed by atoms with van der Waals surface area (Å²) in [7, 11) is -5.66. The third-order valence-electron chi connectivity index (χ3n) is 4.96. The van der Waals surface area contributed by atoms with Crippen molar-refractivity contribution >= 4 is 73.8 Å². The minimum absolute atomic E-state index is 0.0598. The topological polar surface area (TPSA) is 113 Å². The number of alkyl halides is 3. The van der Waals surface area contributed by atoms with Gasteiger partial charge in [0, 0.05) is 18.8 Å². The van der Waals surface area contributed by atoms with Crippen LogP contribution in [0.25, 0.3) is 0 Å². The number of thioether (sulfide) groups is 1. The summed E-state index contributed by atoms with van der Waals surface area (Å²) in [5, 5.41) is 8.18. The number of amidine groups is 1. The van der Waals surface area contributed by atoms with Gasteiger partial charge in [-0.1, -0.05) is 20.3 Å². The maximum atomic E-state index is 13.1. The number of benzene rings is 1. The zero-order valence-electron chi connectivity index (χ0n) is 19.1. The number of azo groups is 1. The Hall–Kier alpha value is -1.75. The van der Waals surface area contributed by atoms with Crippen molar-refractivity contribution in [3.63, 3.8) is 0 Å². The van der Waals surface area contributed by atoms with E-state index in [4.69, 9.17) is 4.74 Å². The second-order valence-electron chi connectivity index (χ2n) is 7.66. The molecule has 0 saturated heterocycles. The van der Waals surface area contributed by atoms with Gasteiger partial charge in [-0.2, -0.15) is 24.8 Å². The highest BCUT2D eigenvalue weighted by Gasteiger charge is 2.46. The molecule has 0 aliphatic carbocycles. The van der Waals surface area contributed by atoms with Gasteiger partial charge in [0.25, 0.3) is 0 Å². The highest BCUT2D eigenvalue weighted by molar-refractivity contribution is 14.2. The molecule has 9 nitrogen and oxygen atoms in total. The highest BCUT2D eigenvalue weighted by atomic mass is 127. The molecule has 0 amide bonds. The van der Waals surface area contributed by atoms with E-state index >= 15 is 0 Å². The summed E-state index contributed by atoms with van der Waals surface area (Å²) in [6, 6.07) is 2.93. The lowest BCUT2D eigenvalue weighted by molar-refractivity contribution is -0.135. The fourth-order valence-corrected chi connectivity index (χ4v) is 6.87. The van der Waals surface area contributed by atoms with Crippen molar-refractivity contribution in [2.75, 3.05) is 29.3 Å². The van der Waals surface area contributed by atoms with Crippen LogP contribution in [0.3, 0.4) is 0 Å². The molecule has 0 bridgehead atoms. The van der Waals surface area contributed by atoms with Crippen molar-refractivity contribution in [3.05, 3.63) is 17.7 Å². The molecule has 0 spiro atoms. The second kappa shape index (κ2) is 12.0. The predicted octanol–water partition coefficient (Wildman–Crippen LogP) is 5.66. The van der Waals surface area contributed by atoms with E-state index in [1.807, 2.05) is 18.7 Å². The first-order valence-electron chi connectivity index (χ1n) is 10.9. The third kappa shape index (κ3) is 7.15. The molecule has 0 radical (unpaired) electrons. The fourth-order valence-electron chi connectivity index (χ4n) is 3.33. The van der Waals surface area contributed by atoms with Crippen LogP contribution in [0.15, 0.2) is 25.6 Å². The monoisotopic (exact) mass is 647 g/mol. The smallest absolute Gasteiger partial charge is 0.461 e. The van der Waals surface area contributed by atoms with E-state index in [-0.39, 0.29) is 16.5 Å². The van der Waals surface area contributed by atoms with Gasteiger partial charge in [0.05, 0.1) is 33.3 Å². The number of aryl methyl sites for hydroxylation is 1. The van der Waals surface area contributed by atoms with Crippen molar-refractivity contribution in [2.24, 2.45) is 13.4 Å². The average molecular weight is 647 g/mol. The molecule has 0 aromatic heterocycles. The van der Waals surface area contributed by atoms with Gasteiger partial charge in [0.15, 0.2) is 2.84 Å². The Labute approximate surface area is 216 Å². The van der Waals surface area contributed by atoms with Gasteiger partial charge in [-0.25, -0.2) is 4.79 Å². The van der Waals surface area contributed by atoms with Gasteiger partial charge in [0.2, 0.25) is 5.17 Å². The molecule has 1 aromatic carbocycles. The lowest BCUT2D eigenvalue weighted by Crippen LogP contribution is -2.31. The molecule has 0 atom stereocenters. The van der Waals surface area contributed by atoms with Crippen molar-refractivity contribution in [2.45, 2.75) is 51.5 Å². The number of hydrogen-bond donors (Lipinski definition) is 1. The number of fused-ring (bicyclic) bond motifs is 1. The number of ether oxygens (including phenoxy) is 1. The molecule has 3 rings (SSSR count). The maximum absolute atomic E-state index is 13.1. The summed E-state index contributed by atoms with van der Waals surface area (Å²) in [5.74, 6) is -0.450.